The van der Waals surface area contributed by atoms with Crippen LogP contribution in [-0.4, -0.2) is 12.0 Å². The monoisotopic (exact) mass is 282 g/mol. The highest BCUT2D eigenvalue weighted by Gasteiger charge is 2.24. The Hall–Kier alpha value is -1.41. The molecular weight excluding hydrogens is 256 g/mol. The number of fused-ring (bicyclic) bond motifs is 1. The molecule has 1 aliphatic rings. The smallest absolute Gasteiger partial charge is 0.0708 e. The van der Waals surface area contributed by atoms with Crippen LogP contribution in [-0.2, 0) is 0 Å². The number of rotatable bonds is 3. The number of hydrogen-bond acceptors (Lipinski definition) is 2. The first-order valence-corrected chi connectivity index (χ1v) is 8.33. The SMILES string of the molecule is CNC(c1cc(C)nc2ccccc12)C1CCCCCC1. The van der Waals surface area contributed by atoms with Crippen LogP contribution in [0.15, 0.2) is 30.3 Å². The van der Waals surface area contributed by atoms with Crippen LogP contribution in [0, 0.1) is 12.8 Å². The lowest BCUT2D eigenvalue weighted by Crippen LogP contribution is -2.25. The second-order valence-electron chi connectivity index (χ2n) is 6.39. The Balaban J connectivity index is 2.03. The average molecular weight is 282 g/mol. The summed E-state index contributed by atoms with van der Waals surface area (Å²) in [4.78, 5) is 4.69. The lowest BCUT2D eigenvalue weighted by atomic mass is 9.85. The minimum absolute atomic E-state index is 0.453. The highest BCUT2D eigenvalue weighted by molar-refractivity contribution is 5.82. The van der Waals surface area contributed by atoms with Crippen molar-refractivity contribution >= 4 is 10.9 Å². The molecule has 2 nitrogen and oxygen atoms in total. The molecule has 1 saturated carbocycles. The average Bonchev–Trinajstić information content (AvgIpc) is 2.77. The van der Waals surface area contributed by atoms with Crippen molar-refractivity contribution < 1.29 is 0 Å². The van der Waals surface area contributed by atoms with Crippen LogP contribution >= 0.6 is 0 Å². The molecule has 1 aliphatic carbocycles. The summed E-state index contributed by atoms with van der Waals surface area (Å²) >= 11 is 0. The van der Waals surface area contributed by atoms with E-state index in [1.807, 2.05) is 0 Å². The molecule has 0 spiro atoms. The number of para-hydroxylation sites is 1. The standard InChI is InChI=1S/C19H26N2/c1-14-13-17(16-11-7-8-12-18(16)21-14)19(20-2)15-9-5-3-4-6-10-15/h7-8,11-13,15,19-20H,3-6,9-10H2,1-2H3. The number of hydrogen-bond donors (Lipinski definition) is 1. The summed E-state index contributed by atoms with van der Waals surface area (Å²) in [5, 5.41) is 4.92. The van der Waals surface area contributed by atoms with E-state index in [-0.39, 0.29) is 0 Å². The van der Waals surface area contributed by atoms with Crippen molar-refractivity contribution in [3.05, 3.63) is 41.6 Å². The molecular formula is C19H26N2. The van der Waals surface area contributed by atoms with E-state index in [1.165, 1.54) is 49.5 Å². The van der Waals surface area contributed by atoms with Crippen molar-refractivity contribution in [2.24, 2.45) is 5.92 Å². The fourth-order valence-electron chi connectivity index (χ4n) is 3.89. The third-order valence-corrected chi connectivity index (χ3v) is 4.89. The highest BCUT2D eigenvalue weighted by atomic mass is 14.9. The number of benzene rings is 1. The van der Waals surface area contributed by atoms with Crippen molar-refractivity contribution in [2.45, 2.75) is 51.5 Å². The largest absolute Gasteiger partial charge is 0.313 e. The quantitative estimate of drug-likeness (QED) is 0.820. The van der Waals surface area contributed by atoms with E-state index >= 15 is 0 Å². The van der Waals surface area contributed by atoms with E-state index in [1.54, 1.807) is 0 Å². The highest BCUT2D eigenvalue weighted by Crippen LogP contribution is 2.36. The van der Waals surface area contributed by atoms with Gasteiger partial charge in [0.25, 0.3) is 0 Å². The fraction of sp³-hybridized carbons (Fsp3) is 0.526. The Morgan fingerprint density at radius 2 is 1.81 bits per heavy atom. The molecule has 21 heavy (non-hydrogen) atoms. The van der Waals surface area contributed by atoms with Crippen LogP contribution in [0.4, 0.5) is 0 Å². The van der Waals surface area contributed by atoms with Crippen molar-refractivity contribution in [3.8, 4) is 0 Å². The summed E-state index contributed by atoms with van der Waals surface area (Å²) in [5.41, 5.74) is 3.69. The normalized spacial score (nSPS) is 18.6. The number of nitrogens with zero attached hydrogens (tertiary/aromatic N) is 1. The fourth-order valence-corrected chi connectivity index (χ4v) is 3.89. The van der Waals surface area contributed by atoms with E-state index < -0.39 is 0 Å². The molecule has 1 unspecified atom stereocenters. The lowest BCUT2D eigenvalue weighted by Gasteiger charge is -2.27. The zero-order valence-electron chi connectivity index (χ0n) is 13.2. The Labute approximate surface area is 128 Å². The molecule has 0 radical (unpaired) electrons. The minimum atomic E-state index is 0.453. The summed E-state index contributed by atoms with van der Waals surface area (Å²) in [6.45, 7) is 2.11. The van der Waals surface area contributed by atoms with Crippen LogP contribution in [0.5, 0.6) is 0 Å². The zero-order chi connectivity index (χ0) is 14.7. The van der Waals surface area contributed by atoms with Crippen molar-refractivity contribution in [2.75, 3.05) is 7.05 Å². The molecule has 1 N–H and O–H groups in total. The van der Waals surface area contributed by atoms with Crippen molar-refractivity contribution in [1.82, 2.24) is 10.3 Å². The van der Waals surface area contributed by atoms with Gasteiger partial charge in [0.05, 0.1) is 5.52 Å². The molecule has 2 heteroatoms. The minimum Gasteiger partial charge on any atom is -0.313 e. The van der Waals surface area contributed by atoms with Gasteiger partial charge in [0.1, 0.15) is 0 Å². The summed E-state index contributed by atoms with van der Waals surface area (Å²) < 4.78 is 0. The number of aromatic nitrogens is 1. The summed E-state index contributed by atoms with van der Waals surface area (Å²) in [6, 6.07) is 11.3. The van der Waals surface area contributed by atoms with Crippen LogP contribution in [0.25, 0.3) is 10.9 Å². The van der Waals surface area contributed by atoms with Gasteiger partial charge in [-0.3, -0.25) is 4.98 Å². The van der Waals surface area contributed by atoms with Gasteiger partial charge in [-0.25, -0.2) is 0 Å². The third-order valence-electron chi connectivity index (χ3n) is 4.89. The van der Waals surface area contributed by atoms with Crippen LogP contribution in [0.3, 0.4) is 0 Å². The van der Waals surface area contributed by atoms with Gasteiger partial charge in [0.2, 0.25) is 0 Å². The van der Waals surface area contributed by atoms with Gasteiger partial charge in [0.15, 0.2) is 0 Å². The Bertz CT molecular complexity index is 598. The Kier molecular flexibility index (Phi) is 4.54. The number of pyridine rings is 1. The third kappa shape index (κ3) is 3.11. The maximum absolute atomic E-state index is 4.69. The van der Waals surface area contributed by atoms with Gasteiger partial charge in [-0.1, -0.05) is 43.9 Å². The second kappa shape index (κ2) is 6.57. The maximum Gasteiger partial charge on any atom is 0.0708 e. The molecule has 1 aromatic carbocycles. The molecule has 0 amide bonds. The van der Waals surface area contributed by atoms with Gasteiger partial charge in [0, 0.05) is 17.1 Å². The summed E-state index contributed by atoms with van der Waals surface area (Å²) in [5.74, 6) is 0.753. The van der Waals surface area contributed by atoms with Crippen LogP contribution in [0.1, 0.15) is 55.8 Å². The lowest BCUT2D eigenvalue weighted by molar-refractivity contribution is 0.343. The molecule has 1 fully saturated rings. The predicted molar refractivity (Wildman–Crippen MR) is 89.5 cm³/mol. The topological polar surface area (TPSA) is 24.9 Å². The molecule has 1 atom stereocenters. The number of nitrogens with one attached hydrogen (secondary N) is 1. The molecule has 2 aromatic rings. The van der Waals surface area contributed by atoms with Gasteiger partial charge in [-0.2, -0.15) is 0 Å². The zero-order valence-corrected chi connectivity index (χ0v) is 13.2. The van der Waals surface area contributed by atoms with Gasteiger partial charge in [-0.15, -0.1) is 0 Å². The molecule has 0 saturated heterocycles. The Morgan fingerprint density at radius 1 is 1.10 bits per heavy atom. The molecule has 112 valence electrons. The summed E-state index contributed by atoms with van der Waals surface area (Å²) in [7, 11) is 2.11. The molecule has 1 heterocycles. The first-order valence-electron chi connectivity index (χ1n) is 8.33. The molecule has 3 rings (SSSR count). The molecule has 0 aliphatic heterocycles. The van der Waals surface area contributed by atoms with E-state index in [9.17, 15) is 0 Å². The molecule has 1 aromatic heterocycles. The number of aryl methyl sites for hydroxylation is 1. The van der Waals surface area contributed by atoms with Crippen LogP contribution < -0.4 is 5.32 Å². The van der Waals surface area contributed by atoms with Gasteiger partial charge < -0.3 is 5.32 Å². The predicted octanol–water partition coefficient (Wildman–Crippen LogP) is 4.77. The first kappa shape index (κ1) is 14.5. The Morgan fingerprint density at radius 3 is 2.52 bits per heavy atom. The second-order valence-corrected chi connectivity index (χ2v) is 6.39. The molecule has 0 bridgehead atoms. The van der Waals surface area contributed by atoms with Crippen molar-refractivity contribution in [1.29, 1.82) is 0 Å². The van der Waals surface area contributed by atoms with E-state index in [0.717, 1.165) is 17.1 Å². The maximum atomic E-state index is 4.69. The van der Waals surface area contributed by atoms with Gasteiger partial charge in [-0.05, 0) is 50.4 Å². The van der Waals surface area contributed by atoms with Gasteiger partial charge >= 0.3 is 0 Å². The first-order chi connectivity index (χ1) is 10.3. The van der Waals surface area contributed by atoms with E-state index in [4.69, 9.17) is 0 Å². The summed E-state index contributed by atoms with van der Waals surface area (Å²) in [6.07, 6.45) is 8.27. The van der Waals surface area contributed by atoms with E-state index in [0.29, 0.717) is 6.04 Å². The van der Waals surface area contributed by atoms with Crippen LogP contribution in [0.2, 0.25) is 0 Å². The van der Waals surface area contributed by atoms with Crippen molar-refractivity contribution in [3.63, 3.8) is 0 Å². The van der Waals surface area contributed by atoms with E-state index in [2.05, 4.69) is 54.6 Å².